The number of hydrogen-bond acceptors (Lipinski definition) is 16. The van der Waals surface area contributed by atoms with E-state index < -0.39 is 105 Å². The van der Waals surface area contributed by atoms with Crippen molar-refractivity contribution in [2.75, 3.05) is 46.2 Å². The highest BCUT2D eigenvalue weighted by Gasteiger charge is 2.40. The number of ether oxygens (including phenoxy) is 8. The zero-order valence-electron chi connectivity index (χ0n) is 27.5. The summed E-state index contributed by atoms with van der Waals surface area (Å²) in [6.45, 7) is 15.0. The second kappa shape index (κ2) is 21.4. The first-order chi connectivity index (χ1) is 24.2. The molecule has 16 nitrogen and oxygen atoms in total. The Bertz CT molecular complexity index is 1470. The number of hydrogen-bond donors (Lipinski definition) is 0. The van der Waals surface area contributed by atoms with Gasteiger partial charge in [-0.3, -0.25) is 0 Å². The molecule has 0 atom stereocenters. The van der Waals surface area contributed by atoms with Gasteiger partial charge in [0.1, 0.15) is 51.7 Å². The zero-order valence-corrected chi connectivity index (χ0v) is 27.5. The Labute approximate surface area is 292 Å². The summed E-state index contributed by atoms with van der Waals surface area (Å²) in [4.78, 5) is 97.4. The van der Waals surface area contributed by atoms with Gasteiger partial charge in [-0.2, -0.15) is 0 Å². The van der Waals surface area contributed by atoms with Crippen LogP contribution in [0.4, 0.5) is 0 Å². The topological polar surface area (TPSA) is 210 Å². The third-order valence-corrected chi connectivity index (χ3v) is 6.14. The maximum Gasteiger partial charge on any atom is 0.338 e. The standard InChI is InChI=1S/C35H36O16/c1-7-26(36)44-17-34(18-45-27(37)8-2,19-46-28(38)9-3)20-49-32(42)24-14-13-15-25(16-24)33(43)50-23-35(51-31(41)12-6,21-47-29(39)10-4)22-48-30(40)11-5/h7-16H,1-6,17-23H2. The second-order valence-electron chi connectivity index (χ2n) is 10.1. The van der Waals surface area contributed by atoms with Crippen molar-refractivity contribution in [3.8, 4) is 0 Å². The predicted molar refractivity (Wildman–Crippen MR) is 174 cm³/mol. The van der Waals surface area contributed by atoms with Crippen molar-refractivity contribution in [1.29, 1.82) is 0 Å². The summed E-state index contributed by atoms with van der Waals surface area (Å²) in [6.07, 6.45) is 4.94. The smallest absolute Gasteiger partial charge is 0.338 e. The molecule has 0 radical (unpaired) electrons. The first-order valence-corrected chi connectivity index (χ1v) is 14.5. The SMILES string of the molecule is C=CC(=O)OCC(COC(=O)C=C)(COC(=O)C=C)COC(=O)c1cccc(C(=O)OCC(COC(=O)C=C)(COC(=O)C=C)OC(=O)C=C)c1. The number of benzene rings is 1. The lowest BCUT2D eigenvalue weighted by Gasteiger charge is -2.31. The Hall–Kier alpha value is -6.58. The van der Waals surface area contributed by atoms with Gasteiger partial charge in [0.05, 0.1) is 11.1 Å². The summed E-state index contributed by atoms with van der Waals surface area (Å²) in [7, 11) is 0. The van der Waals surface area contributed by atoms with E-state index in [1.54, 1.807) is 0 Å². The van der Waals surface area contributed by atoms with Crippen molar-refractivity contribution in [2.24, 2.45) is 5.41 Å². The highest BCUT2D eigenvalue weighted by Crippen LogP contribution is 2.23. The molecule has 0 aliphatic heterocycles. The monoisotopic (exact) mass is 712 g/mol. The lowest BCUT2D eigenvalue weighted by Crippen LogP contribution is -2.49. The first-order valence-electron chi connectivity index (χ1n) is 14.5. The average molecular weight is 713 g/mol. The van der Waals surface area contributed by atoms with E-state index in [9.17, 15) is 38.4 Å². The van der Waals surface area contributed by atoms with Crippen molar-refractivity contribution >= 4 is 47.8 Å². The van der Waals surface area contributed by atoms with Crippen LogP contribution in [0.3, 0.4) is 0 Å². The van der Waals surface area contributed by atoms with E-state index in [2.05, 4.69) is 39.5 Å². The fourth-order valence-corrected chi connectivity index (χ4v) is 3.45. The molecule has 1 rings (SSSR count). The summed E-state index contributed by atoms with van der Waals surface area (Å²) in [5.41, 5.74) is -4.10. The van der Waals surface area contributed by atoms with Crippen molar-refractivity contribution in [1.82, 2.24) is 0 Å². The Morgan fingerprint density at radius 2 is 0.745 bits per heavy atom. The van der Waals surface area contributed by atoms with Gasteiger partial charge >= 0.3 is 47.8 Å². The third-order valence-electron chi connectivity index (χ3n) is 6.14. The van der Waals surface area contributed by atoms with Crippen molar-refractivity contribution in [2.45, 2.75) is 5.60 Å². The Balaban J connectivity index is 3.31. The molecule has 0 heterocycles. The molecule has 0 N–H and O–H groups in total. The van der Waals surface area contributed by atoms with Gasteiger partial charge in [-0.25, -0.2) is 38.4 Å². The minimum atomic E-state index is -2.06. The molecule has 0 fully saturated rings. The third kappa shape index (κ3) is 15.0. The van der Waals surface area contributed by atoms with E-state index >= 15 is 0 Å². The van der Waals surface area contributed by atoms with Crippen LogP contribution in [-0.2, 0) is 66.7 Å². The number of rotatable bonds is 23. The van der Waals surface area contributed by atoms with Crippen LogP contribution in [0.5, 0.6) is 0 Å². The van der Waals surface area contributed by atoms with Crippen LogP contribution < -0.4 is 0 Å². The molecule has 0 aliphatic rings. The summed E-state index contributed by atoms with van der Waals surface area (Å²) < 4.78 is 41.2. The Morgan fingerprint density at radius 3 is 1.10 bits per heavy atom. The molecule has 272 valence electrons. The predicted octanol–water partition coefficient (Wildman–Crippen LogP) is 2.10. The first kappa shape index (κ1) is 42.4. The van der Waals surface area contributed by atoms with Crippen LogP contribution in [0.15, 0.2) is 100 Å². The van der Waals surface area contributed by atoms with E-state index in [4.69, 9.17) is 37.9 Å². The molecule has 1 aromatic carbocycles. The van der Waals surface area contributed by atoms with Gasteiger partial charge in [0.2, 0.25) is 5.60 Å². The molecule has 0 saturated heterocycles. The molecular weight excluding hydrogens is 676 g/mol. The number of carbonyl (C=O) groups is 8. The molecule has 0 aromatic heterocycles. The van der Waals surface area contributed by atoms with E-state index in [0.29, 0.717) is 0 Å². The lowest BCUT2D eigenvalue weighted by molar-refractivity contribution is -0.184. The molecule has 51 heavy (non-hydrogen) atoms. The van der Waals surface area contributed by atoms with Gasteiger partial charge in [0, 0.05) is 36.5 Å². The lowest BCUT2D eigenvalue weighted by atomic mass is 9.92. The molecule has 1 aromatic rings. The Kier molecular flexibility index (Phi) is 17.8. The second-order valence-corrected chi connectivity index (χ2v) is 10.1. The van der Waals surface area contributed by atoms with Crippen molar-refractivity contribution < 1.29 is 76.3 Å². The molecular formula is C35H36O16. The van der Waals surface area contributed by atoms with Gasteiger partial charge in [-0.15, -0.1) is 0 Å². The molecule has 0 unspecified atom stereocenters. The highest BCUT2D eigenvalue weighted by atomic mass is 16.6. The van der Waals surface area contributed by atoms with Gasteiger partial charge in [-0.05, 0) is 18.2 Å². The summed E-state index contributed by atoms with van der Waals surface area (Å²) >= 11 is 0. The van der Waals surface area contributed by atoms with Crippen LogP contribution in [0, 0.1) is 5.41 Å². The van der Waals surface area contributed by atoms with Gasteiger partial charge in [0.15, 0.2) is 0 Å². The van der Waals surface area contributed by atoms with E-state index in [1.165, 1.54) is 18.2 Å². The molecule has 0 amide bonds. The zero-order chi connectivity index (χ0) is 38.5. The minimum absolute atomic E-state index is 0.197. The fraction of sp³-hybridized carbons (Fsp3) is 0.257. The maximum absolute atomic E-state index is 13.1. The minimum Gasteiger partial charge on any atom is -0.462 e. The van der Waals surface area contributed by atoms with Crippen LogP contribution in [0.25, 0.3) is 0 Å². The maximum atomic E-state index is 13.1. The molecule has 0 aliphatic carbocycles. The van der Waals surface area contributed by atoms with Gasteiger partial charge < -0.3 is 37.9 Å². The summed E-state index contributed by atoms with van der Waals surface area (Å²) in [6, 6.07) is 4.90. The molecule has 0 saturated carbocycles. The highest BCUT2D eigenvalue weighted by molar-refractivity contribution is 5.95. The van der Waals surface area contributed by atoms with Gasteiger partial charge in [-0.1, -0.05) is 45.5 Å². The van der Waals surface area contributed by atoms with Crippen LogP contribution >= 0.6 is 0 Å². The summed E-state index contributed by atoms with van der Waals surface area (Å²) in [5, 5.41) is 0. The largest absolute Gasteiger partial charge is 0.462 e. The number of esters is 8. The van der Waals surface area contributed by atoms with Crippen molar-refractivity contribution in [3.05, 3.63) is 111 Å². The van der Waals surface area contributed by atoms with Crippen LogP contribution in [0.2, 0.25) is 0 Å². The molecule has 0 bridgehead atoms. The normalized spacial score (nSPS) is 10.4. The summed E-state index contributed by atoms with van der Waals surface area (Å²) in [5.74, 6) is -7.70. The molecule has 0 spiro atoms. The van der Waals surface area contributed by atoms with Crippen LogP contribution in [-0.4, -0.2) is 99.6 Å². The van der Waals surface area contributed by atoms with Gasteiger partial charge in [0.25, 0.3) is 0 Å². The van der Waals surface area contributed by atoms with E-state index in [-0.39, 0.29) is 11.1 Å². The van der Waals surface area contributed by atoms with Crippen molar-refractivity contribution in [3.63, 3.8) is 0 Å². The quantitative estimate of drug-likeness (QED) is 0.0903. The fourth-order valence-electron chi connectivity index (χ4n) is 3.45. The number of carbonyl (C=O) groups excluding carboxylic acids is 8. The Morgan fingerprint density at radius 1 is 0.451 bits per heavy atom. The van der Waals surface area contributed by atoms with E-state index in [0.717, 1.165) is 42.5 Å². The average Bonchev–Trinajstić information content (AvgIpc) is 3.16. The van der Waals surface area contributed by atoms with E-state index in [1.807, 2.05) is 0 Å². The molecule has 16 heteroatoms. The van der Waals surface area contributed by atoms with Crippen LogP contribution in [0.1, 0.15) is 20.7 Å².